The van der Waals surface area contributed by atoms with Crippen LogP contribution in [0, 0.1) is 61.9 Å². The van der Waals surface area contributed by atoms with E-state index in [-0.39, 0.29) is 45.5 Å². The average molecular weight is 604 g/mol. The number of ether oxygens (including phenoxy) is 1. The van der Waals surface area contributed by atoms with Crippen molar-refractivity contribution >= 4 is 23.5 Å². The third-order valence-electron chi connectivity index (χ3n) is 14.7. The van der Waals surface area contributed by atoms with E-state index in [4.69, 9.17) is 4.74 Å². The summed E-state index contributed by atoms with van der Waals surface area (Å²) in [6.07, 6.45) is 10.9. The quantitative estimate of drug-likeness (QED) is 0.161. The number of Topliss-reactive ketones (excluding diaryl/α,β-unsaturated/α-hetero) is 1. The molecule has 0 bridgehead atoms. The third-order valence-corrected chi connectivity index (χ3v) is 14.7. The van der Waals surface area contributed by atoms with E-state index in [2.05, 4.69) is 48.1 Å². The van der Waals surface area contributed by atoms with Crippen molar-refractivity contribution in [2.45, 2.75) is 99.3 Å². The molecule has 0 heterocycles. The first kappa shape index (κ1) is 31.7. The number of carbonyl (C=O) groups is 2. The molecule has 5 fully saturated rings. The number of benzene rings is 1. The van der Waals surface area contributed by atoms with Gasteiger partial charge in [0.2, 0.25) is 0 Å². The Morgan fingerprint density at radius 1 is 1.02 bits per heavy atom. The first-order valence-corrected chi connectivity index (χ1v) is 16.9. The van der Waals surface area contributed by atoms with Gasteiger partial charge in [-0.05, 0) is 128 Å². The minimum Gasteiger partial charge on any atom is -0.595 e. The molecule has 240 valence electrons. The smallest absolute Gasteiger partial charge is 0.312 e. The van der Waals surface area contributed by atoms with Crippen LogP contribution in [-0.2, 0) is 14.3 Å². The molecule has 1 aromatic rings. The maximum absolute atomic E-state index is 14.1. The molecule has 5 aliphatic carbocycles. The zero-order valence-electron chi connectivity index (χ0n) is 27.9. The number of allylic oxidation sites excluding steroid dienone is 2. The van der Waals surface area contributed by atoms with Crippen molar-refractivity contribution in [1.29, 1.82) is 0 Å². The van der Waals surface area contributed by atoms with E-state index in [0.29, 0.717) is 17.8 Å². The van der Waals surface area contributed by atoms with E-state index in [1.807, 2.05) is 12.1 Å². The van der Waals surface area contributed by atoms with E-state index >= 15 is 0 Å². The van der Waals surface area contributed by atoms with Gasteiger partial charge in [0.15, 0.2) is 11.5 Å². The number of methoxy groups -OCH3 is 1. The second-order valence-electron chi connectivity index (χ2n) is 16.7. The van der Waals surface area contributed by atoms with Crippen LogP contribution < -0.4 is 5.23 Å². The predicted octanol–water partition coefficient (Wildman–Crippen LogP) is 7.48. The summed E-state index contributed by atoms with van der Waals surface area (Å²) in [5.74, 6) is 2.00. The topological polar surface area (TPSA) is 91.1 Å². The molecule has 0 aromatic heterocycles. The van der Waals surface area contributed by atoms with Gasteiger partial charge in [0, 0.05) is 17.5 Å². The molecule has 10 atom stereocenters. The summed E-state index contributed by atoms with van der Waals surface area (Å²) < 4.78 is 5.53. The van der Waals surface area contributed by atoms with Gasteiger partial charge in [0.1, 0.15) is 0 Å². The van der Waals surface area contributed by atoms with Crippen LogP contribution >= 0.6 is 0 Å². The summed E-state index contributed by atoms with van der Waals surface area (Å²) >= 11 is 0. The number of esters is 1. The summed E-state index contributed by atoms with van der Waals surface area (Å²) in [5, 5.41) is 20.3. The number of rotatable bonds is 4. The van der Waals surface area contributed by atoms with E-state index in [0.717, 1.165) is 68.9 Å². The van der Waals surface area contributed by atoms with E-state index in [1.54, 1.807) is 25.3 Å². The third kappa shape index (κ3) is 4.15. The largest absolute Gasteiger partial charge is 0.595 e. The van der Waals surface area contributed by atoms with Crippen molar-refractivity contribution in [3.8, 4) is 0 Å². The highest BCUT2D eigenvalue weighted by atomic mass is 16.8. The SMILES string of the molecule is C=C(C)C1CCC2(C(=O)OC)CCC3(C)C(CCC4C5(C)CC(=Cc6cccc([NH+]([O-])O)c6)C(=O)C(C)(C)C5CCC43C)C12. The van der Waals surface area contributed by atoms with Crippen LogP contribution in [0.5, 0.6) is 0 Å². The van der Waals surface area contributed by atoms with Gasteiger partial charge in [-0.2, -0.15) is 5.23 Å². The molecule has 5 aliphatic rings. The highest BCUT2D eigenvalue weighted by molar-refractivity contribution is 6.04. The number of fused-ring (bicyclic) bond motifs is 7. The van der Waals surface area contributed by atoms with E-state index in [1.165, 1.54) is 5.57 Å². The Balaban J connectivity index is 1.41. The standard InChI is InChI=1S/C38H53NO5/c1-23(2)27-14-17-38(33(41)44-8)19-18-36(6)28(31(27)38)12-13-30-35(5)22-25(20-24-10-9-11-26(21-24)39(42)43)32(40)34(3,4)29(35)15-16-37(30,36)7/h9-11,20-21,27-31,39,42H,1,12-19,22H2,2-8H3. The van der Waals surface area contributed by atoms with Crippen LogP contribution in [0.1, 0.15) is 105 Å². The zero-order valence-corrected chi connectivity index (χ0v) is 27.9. The second-order valence-corrected chi connectivity index (χ2v) is 16.7. The minimum atomic E-state index is -0.958. The summed E-state index contributed by atoms with van der Waals surface area (Å²) in [6, 6.07) is 6.94. The van der Waals surface area contributed by atoms with Gasteiger partial charge in [-0.3, -0.25) is 9.59 Å². The Morgan fingerprint density at radius 2 is 1.75 bits per heavy atom. The number of carbonyl (C=O) groups excluding carboxylic acids is 2. The van der Waals surface area contributed by atoms with Gasteiger partial charge in [0.05, 0.1) is 12.5 Å². The molecule has 0 spiro atoms. The highest BCUT2D eigenvalue weighted by Gasteiger charge is 2.72. The molecule has 2 N–H and O–H groups in total. The van der Waals surface area contributed by atoms with Crippen LogP contribution in [0.3, 0.4) is 0 Å². The molecular weight excluding hydrogens is 550 g/mol. The zero-order chi connectivity index (χ0) is 32.0. The first-order chi connectivity index (χ1) is 20.6. The minimum absolute atomic E-state index is 0.00876. The molecular formula is C38H53NO5. The lowest BCUT2D eigenvalue weighted by molar-refractivity contribution is -0.991. The summed E-state index contributed by atoms with van der Waals surface area (Å²) in [5.41, 5.74) is 2.27. The highest BCUT2D eigenvalue weighted by Crippen LogP contribution is 2.77. The molecule has 0 amide bonds. The maximum atomic E-state index is 14.1. The molecule has 5 saturated carbocycles. The van der Waals surface area contributed by atoms with Crippen LogP contribution in [0.2, 0.25) is 0 Å². The van der Waals surface area contributed by atoms with Gasteiger partial charge in [-0.15, -0.1) is 0 Å². The number of ketones is 1. The molecule has 1 aromatic carbocycles. The molecule has 44 heavy (non-hydrogen) atoms. The Morgan fingerprint density at radius 3 is 2.41 bits per heavy atom. The number of quaternary nitrogens is 1. The van der Waals surface area contributed by atoms with Gasteiger partial charge < -0.3 is 9.94 Å². The number of hydrogen-bond donors (Lipinski definition) is 2. The van der Waals surface area contributed by atoms with Crippen molar-refractivity contribution in [2.75, 3.05) is 7.11 Å². The summed E-state index contributed by atoms with van der Waals surface area (Å²) in [7, 11) is 1.56. The molecule has 6 rings (SSSR count). The van der Waals surface area contributed by atoms with Crippen LogP contribution in [-0.4, -0.2) is 24.1 Å². The Labute approximate surface area is 263 Å². The van der Waals surface area contributed by atoms with Crippen LogP contribution in [0.4, 0.5) is 5.69 Å². The normalized spacial score (nSPS) is 44.2. The van der Waals surface area contributed by atoms with Gasteiger partial charge >= 0.3 is 5.97 Å². The van der Waals surface area contributed by atoms with E-state index < -0.39 is 16.1 Å². The first-order valence-electron chi connectivity index (χ1n) is 16.9. The fourth-order valence-corrected chi connectivity index (χ4v) is 12.6. The summed E-state index contributed by atoms with van der Waals surface area (Å²) in [4.78, 5) is 27.7. The van der Waals surface area contributed by atoms with Crippen molar-refractivity contribution in [3.05, 3.63) is 52.8 Å². The van der Waals surface area contributed by atoms with Crippen molar-refractivity contribution in [3.63, 3.8) is 0 Å². The number of hydrogen-bond acceptors (Lipinski definition) is 5. The second kappa shape index (κ2) is 10.4. The van der Waals surface area contributed by atoms with Crippen molar-refractivity contribution in [2.24, 2.45) is 56.7 Å². The average Bonchev–Trinajstić information content (AvgIpc) is 3.37. The molecule has 0 radical (unpaired) electrons. The van der Waals surface area contributed by atoms with Gasteiger partial charge in [-0.25, -0.2) is 5.21 Å². The predicted molar refractivity (Wildman–Crippen MR) is 172 cm³/mol. The van der Waals surface area contributed by atoms with Crippen molar-refractivity contribution in [1.82, 2.24) is 0 Å². The van der Waals surface area contributed by atoms with Crippen LogP contribution in [0.15, 0.2) is 42.0 Å². The molecule has 0 aliphatic heterocycles. The molecule has 0 saturated heterocycles. The number of nitrogens with one attached hydrogen (secondary N) is 1. The lowest BCUT2D eigenvalue weighted by atomic mass is 9.32. The Kier molecular flexibility index (Phi) is 7.47. The van der Waals surface area contributed by atoms with E-state index in [9.17, 15) is 20.0 Å². The monoisotopic (exact) mass is 603 g/mol. The fraction of sp³-hybridized carbons (Fsp3) is 0.684. The molecule has 10 unspecified atom stereocenters. The Hall–Kier alpha value is -2.28. The van der Waals surface area contributed by atoms with Gasteiger partial charge in [0.25, 0.3) is 0 Å². The molecule has 6 heteroatoms. The lowest BCUT2D eigenvalue weighted by Crippen LogP contribution is -2.99. The summed E-state index contributed by atoms with van der Waals surface area (Å²) in [6.45, 7) is 18.5. The van der Waals surface area contributed by atoms with Crippen molar-refractivity contribution < 1.29 is 24.8 Å². The van der Waals surface area contributed by atoms with Gasteiger partial charge in [-0.1, -0.05) is 58.9 Å². The molecule has 6 nitrogen and oxygen atoms in total. The fourth-order valence-electron chi connectivity index (χ4n) is 12.6. The Bertz CT molecular complexity index is 1410. The van der Waals surface area contributed by atoms with Crippen LogP contribution in [0.25, 0.3) is 6.08 Å². The lowest BCUT2D eigenvalue weighted by Gasteiger charge is -2.72. The maximum Gasteiger partial charge on any atom is 0.312 e.